The fourth-order valence-electron chi connectivity index (χ4n) is 2.50. The van der Waals surface area contributed by atoms with Gasteiger partial charge in [0, 0.05) is 6.07 Å². The van der Waals surface area contributed by atoms with E-state index in [2.05, 4.69) is 6.07 Å². The number of nitriles is 2. The van der Waals surface area contributed by atoms with Crippen LogP contribution in [0, 0.1) is 46.6 Å². The molecule has 0 aliphatic rings. The van der Waals surface area contributed by atoms with Crippen LogP contribution >= 0.6 is 0 Å². The molecule has 0 unspecified atom stereocenters. The molecule has 2 N–H and O–H groups in total. The number of methoxy groups -OCH3 is 2. The maximum absolute atomic E-state index is 10.7. The van der Waals surface area contributed by atoms with Gasteiger partial charge in [0.2, 0.25) is 0 Å². The van der Waals surface area contributed by atoms with Gasteiger partial charge >= 0.3 is 5.69 Å². The molecule has 0 heterocycles. The number of rotatable bonds is 5. The number of ether oxygens (including phenoxy) is 2. The first-order valence-electron chi connectivity index (χ1n) is 9.27. The third-order valence-corrected chi connectivity index (χ3v) is 4.06. The van der Waals surface area contributed by atoms with Crippen molar-refractivity contribution in [1.29, 1.82) is 10.5 Å². The fourth-order valence-corrected chi connectivity index (χ4v) is 2.50. The van der Waals surface area contributed by atoms with Crippen LogP contribution in [0.1, 0.15) is 36.1 Å². The minimum atomic E-state index is -0.498. The van der Waals surface area contributed by atoms with Gasteiger partial charge in [0.25, 0.3) is 0 Å². The molecule has 0 bridgehead atoms. The molecule has 0 aromatic heterocycles. The predicted octanol–water partition coefficient (Wildman–Crippen LogP) is 4.66. The van der Waals surface area contributed by atoms with Crippen LogP contribution in [0.25, 0.3) is 0 Å². The summed E-state index contributed by atoms with van der Waals surface area (Å²) in [4.78, 5) is 10.2. The average Bonchev–Trinajstić information content (AvgIpc) is 2.73. The Morgan fingerprint density at radius 3 is 1.77 bits per heavy atom. The summed E-state index contributed by atoms with van der Waals surface area (Å²) in [6, 6.07) is 10.7. The predicted molar refractivity (Wildman–Crippen MR) is 117 cm³/mol. The zero-order valence-electron chi connectivity index (χ0n) is 18.3. The highest BCUT2D eigenvalue weighted by Crippen LogP contribution is 2.30. The molecule has 30 heavy (non-hydrogen) atoms. The minimum absolute atomic E-state index is 0.0725. The monoisotopic (exact) mass is 412 g/mol. The summed E-state index contributed by atoms with van der Waals surface area (Å²) >= 11 is 0. The van der Waals surface area contributed by atoms with Crippen molar-refractivity contribution >= 4 is 11.4 Å². The lowest BCUT2D eigenvalue weighted by Crippen LogP contribution is -1.97. The van der Waals surface area contributed by atoms with Crippen LogP contribution in [0.3, 0.4) is 0 Å². The lowest BCUT2D eigenvalue weighted by molar-refractivity contribution is -0.385. The molecule has 0 radical (unpaired) electrons. The second kappa shape index (κ2) is 13.4. The van der Waals surface area contributed by atoms with Gasteiger partial charge in [-0.25, -0.2) is 0 Å². The molecule has 0 saturated carbocycles. The molecule has 8 heteroatoms. The molecule has 0 aliphatic heterocycles. The highest BCUT2D eigenvalue weighted by atomic mass is 16.6. The third-order valence-electron chi connectivity index (χ3n) is 4.06. The number of nitro groups is 1. The van der Waals surface area contributed by atoms with Crippen molar-refractivity contribution in [3.05, 3.63) is 56.6 Å². The molecule has 160 valence electrons. The lowest BCUT2D eigenvalue weighted by Gasteiger charge is -2.08. The molecule has 2 rings (SSSR count). The van der Waals surface area contributed by atoms with Crippen LogP contribution in [0.2, 0.25) is 0 Å². The summed E-state index contributed by atoms with van der Waals surface area (Å²) < 4.78 is 9.95. The molecule has 0 fully saturated rings. The van der Waals surface area contributed by atoms with Crippen LogP contribution < -0.4 is 15.2 Å². The maximum Gasteiger partial charge on any atom is 0.311 e. The first kappa shape index (κ1) is 26.2. The van der Waals surface area contributed by atoms with Crippen LogP contribution in [0.15, 0.2) is 24.3 Å². The van der Waals surface area contributed by atoms with Gasteiger partial charge in [-0.1, -0.05) is 13.8 Å². The Balaban J connectivity index is 0.000000522. The number of hydrogen-bond acceptors (Lipinski definition) is 7. The van der Waals surface area contributed by atoms with Gasteiger partial charge in [-0.2, -0.15) is 10.5 Å². The highest BCUT2D eigenvalue weighted by molar-refractivity contribution is 5.57. The zero-order valence-corrected chi connectivity index (χ0v) is 18.3. The van der Waals surface area contributed by atoms with E-state index in [9.17, 15) is 10.1 Å². The Morgan fingerprint density at radius 1 is 0.933 bits per heavy atom. The van der Waals surface area contributed by atoms with E-state index in [4.69, 9.17) is 25.7 Å². The number of nitrogens with zero attached hydrogens (tertiary/aromatic N) is 3. The molecular formula is C22H28N4O4. The summed E-state index contributed by atoms with van der Waals surface area (Å²) in [5, 5.41) is 27.8. The molecule has 8 nitrogen and oxygen atoms in total. The van der Waals surface area contributed by atoms with Gasteiger partial charge in [0.1, 0.15) is 5.75 Å². The number of aryl methyl sites for hydroxylation is 2. The molecule has 0 amide bonds. The number of nitrogen functional groups attached to an aromatic ring is 1. The Bertz CT molecular complexity index is 944. The number of benzene rings is 2. The Kier molecular flexibility index (Phi) is 11.7. The summed E-state index contributed by atoms with van der Waals surface area (Å²) in [5.41, 5.74) is 9.70. The standard InChI is InChI=1S/C10H10N2O3.C10H12N2O.C2H6/c1-7-5-9(12(13)14)10(15-2)6-8(7)3-4-11;1-7-5-9(12)10(13-2)6-8(7)3-4-11;1-2/h5-6H,3H2,1-2H3;5-6H,3,12H2,1-2H3;1-2H3. The lowest BCUT2D eigenvalue weighted by atomic mass is 10.0. The summed E-state index contributed by atoms with van der Waals surface area (Å²) in [7, 11) is 2.94. The quantitative estimate of drug-likeness (QED) is 0.428. The Labute approximate surface area is 177 Å². The normalized spacial score (nSPS) is 8.93. The van der Waals surface area contributed by atoms with Crippen molar-refractivity contribution in [3.8, 4) is 23.6 Å². The van der Waals surface area contributed by atoms with E-state index >= 15 is 0 Å². The van der Waals surface area contributed by atoms with E-state index in [1.54, 1.807) is 14.0 Å². The summed E-state index contributed by atoms with van der Waals surface area (Å²) in [6.07, 6.45) is 0.614. The first-order valence-corrected chi connectivity index (χ1v) is 9.27. The van der Waals surface area contributed by atoms with Crippen molar-refractivity contribution in [2.45, 2.75) is 40.5 Å². The number of hydrogen-bond donors (Lipinski definition) is 1. The van der Waals surface area contributed by atoms with E-state index in [0.29, 0.717) is 17.9 Å². The van der Waals surface area contributed by atoms with Gasteiger partial charge in [0.05, 0.1) is 49.8 Å². The number of nitro benzene ring substituents is 1. The van der Waals surface area contributed by atoms with Gasteiger partial charge in [-0.3, -0.25) is 10.1 Å². The topological polar surface area (TPSA) is 135 Å². The Morgan fingerprint density at radius 2 is 1.37 bits per heavy atom. The summed E-state index contributed by atoms with van der Waals surface area (Å²) in [5.74, 6) is 0.826. The van der Waals surface area contributed by atoms with E-state index in [1.165, 1.54) is 19.2 Å². The number of nitrogens with two attached hydrogens (primary N) is 1. The zero-order chi connectivity index (χ0) is 23.3. The van der Waals surface area contributed by atoms with Crippen molar-refractivity contribution < 1.29 is 14.4 Å². The van der Waals surface area contributed by atoms with Crippen molar-refractivity contribution in [2.75, 3.05) is 20.0 Å². The van der Waals surface area contributed by atoms with E-state index in [0.717, 1.165) is 22.3 Å². The molecule has 0 aliphatic carbocycles. The molecule has 0 atom stereocenters. The van der Waals surface area contributed by atoms with E-state index in [-0.39, 0.29) is 17.9 Å². The highest BCUT2D eigenvalue weighted by Gasteiger charge is 2.16. The second-order valence-corrected chi connectivity index (χ2v) is 5.90. The molecular weight excluding hydrogens is 384 g/mol. The molecule has 2 aromatic carbocycles. The van der Waals surface area contributed by atoms with Gasteiger partial charge in [-0.15, -0.1) is 0 Å². The van der Waals surface area contributed by atoms with Gasteiger partial charge < -0.3 is 15.2 Å². The van der Waals surface area contributed by atoms with E-state index < -0.39 is 4.92 Å². The number of anilines is 1. The molecule has 0 saturated heterocycles. The molecule has 2 aromatic rings. The van der Waals surface area contributed by atoms with Crippen molar-refractivity contribution in [1.82, 2.24) is 0 Å². The van der Waals surface area contributed by atoms with Crippen LogP contribution in [0.4, 0.5) is 11.4 Å². The van der Waals surface area contributed by atoms with E-state index in [1.807, 2.05) is 39.0 Å². The second-order valence-electron chi connectivity index (χ2n) is 5.90. The minimum Gasteiger partial charge on any atom is -0.495 e. The van der Waals surface area contributed by atoms with Crippen molar-refractivity contribution in [2.24, 2.45) is 0 Å². The van der Waals surface area contributed by atoms with Crippen molar-refractivity contribution in [3.63, 3.8) is 0 Å². The largest absolute Gasteiger partial charge is 0.495 e. The van der Waals surface area contributed by atoms with Gasteiger partial charge in [0.15, 0.2) is 5.75 Å². The molecule has 0 spiro atoms. The SMILES string of the molecule is CC.COc1cc(CC#N)c(C)cc1N.COc1cc(CC#N)c(C)cc1[N+](=O)[O-]. The fraction of sp³-hybridized carbons (Fsp3) is 0.364. The van der Waals surface area contributed by atoms with Crippen LogP contribution in [0.5, 0.6) is 11.5 Å². The van der Waals surface area contributed by atoms with Gasteiger partial charge in [-0.05, 0) is 54.3 Å². The maximum atomic E-state index is 10.7. The summed E-state index contributed by atoms with van der Waals surface area (Å²) in [6.45, 7) is 7.67. The average molecular weight is 412 g/mol. The van der Waals surface area contributed by atoms with Crippen LogP contribution in [-0.2, 0) is 12.8 Å². The van der Waals surface area contributed by atoms with Crippen LogP contribution in [-0.4, -0.2) is 19.1 Å². The third kappa shape index (κ3) is 7.33. The Hall–Kier alpha value is -3.78. The smallest absolute Gasteiger partial charge is 0.311 e. The first-order chi connectivity index (χ1) is 14.3.